The van der Waals surface area contributed by atoms with Crippen LogP contribution in [0.15, 0.2) is 46.7 Å². The van der Waals surface area contributed by atoms with Crippen LogP contribution in [0, 0.1) is 0 Å². The molecule has 0 bridgehead atoms. The largest absolute Gasteiger partial charge is 0.337 e. The molecule has 0 unspecified atom stereocenters. The van der Waals surface area contributed by atoms with Gasteiger partial charge in [-0.25, -0.2) is 8.42 Å². The average molecular weight is 394 g/mol. The van der Waals surface area contributed by atoms with Crippen LogP contribution in [0.4, 0.5) is 0 Å². The molecule has 0 N–H and O–H groups in total. The molecule has 1 amide bonds. The number of piperazine rings is 1. The van der Waals surface area contributed by atoms with Crippen LogP contribution in [0.25, 0.3) is 0 Å². The minimum atomic E-state index is -3.58. The first-order valence-electron chi connectivity index (χ1n) is 8.44. The summed E-state index contributed by atoms with van der Waals surface area (Å²) < 4.78 is 27.3. The number of sulfonamides is 1. The highest BCUT2D eigenvalue weighted by Crippen LogP contribution is 2.20. The molecule has 8 heteroatoms. The molecular weight excluding hydrogens is 370 g/mol. The molecule has 2 heterocycles. The Bertz CT molecular complexity index is 858. The molecule has 0 spiro atoms. The van der Waals surface area contributed by atoms with Crippen molar-refractivity contribution in [2.45, 2.75) is 11.4 Å². The number of amides is 1. The van der Waals surface area contributed by atoms with Gasteiger partial charge in [0, 0.05) is 43.7 Å². The molecule has 1 fully saturated rings. The van der Waals surface area contributed by atoms with Crippen molar-refractivity contribution in [3.8, 4) is 0 Å². The van der Waals surface area contributed by atoms with Gasteiger partial charge in [-0.2, -0.15) is 4.31 Å². The van der Waals surface area contributed by atoms with E-state index in [9.17, 15) is 13.2 Å². The summed E-state index contributed by atoms with van der Waals surface area (Å²) in [7, 11) is 0.126. The summed E-state index contributed by atoms with van der Waals surface area (Å²) >= 11 is 1.59. The SMILES string of the molecule is CN1CCN(S(=O)(=O)c2cccc(C(=O)N(C)Cc3cccs3)c2)CC1. The summed E-state index contributed by atoms with van der Waals surface area (Å²) in [5.74, 6) is -0.186. The Kier molecular flexibility index (Phi) is 5.76. The number of nitrogens with zero attached hydrogens (tertiary/aromatic N) is 3. The molecule has 26 heavy (non-hydrogen) atoms. The molecule has 2 aromatic rings. The highest BCUT2D eigenvalue weighted by Gasteiger charge is 2.28. The minimum Gasteiger partial charge on any atom is -0.337 e. The second-order valence-electron chi connectivity index (χ2n) is 6.48. The van der Waals surface area contributed by atoms with Gasteiger partial charge in [0.1, 0.15) is 0 Å². The molecule has 0 saturated carbocycles. The summed E-state index contributed by atoms with van der Waals surface area (Å²) in [5.41, 5.74) is 0.388. The van der Waals surface area contributed by atoms with Gasteiger partial charge >= 0.3 is 0 Å². The molecule has 1 aromatic heterocycles. The molecular formula is C18H23N3O3S2. The second-order valence-corrected chi connectivity index (χ2v) is 9.45. The molecule has 1 aromatic carbocycles. The first-order chi connectivity index (χ1) is 12.4. The summed E-state index contributed by atoms with van der Waals surface area (Å²) in [6.45, 7) is 2.86. The average Bonchev–Trinajstić information content (AvgIpc) is 3.14. The monoisotopic (exact) mass is 393 g/mol. The molecule has 0 radical (unpaired) electrons. The maximum Gasteiger partial charge on any atom is 0.253 e. The lowest BCUT2D eigenvalue weighted by molar-refractivity contribution is 0.0786. The van der Waals surface area contributed by atoms with Gasteiger partial charge in [0.05, 0.1) is 11.4 Å². The van der Waals surface area contributed by atoms with E-state index in [1.807, 2.05) is 24.6 Å². The van der Waals surface area contributed by atoms with E-state index < -0.39 is 10.0 Å². The topological polar surface area (TPSA) is 60.9 Å². The zero-order valence-corrected chi connectivity index (χ0v) is 16.6. The van der Waals surface area contributed by atoms with Gasteiger partial charge in [-0.1, -0.05) is 12.1 Å². The van der Waals surface area contributed by atoms with Crippen molar-refractivity contribution in [1.82, 2.24) is 14.1 Å². The highest BCUT2D eigenvalue weighted by molar-refractivity contribution is 7.89. The van der Waals surface area contributed by atoms with Gasteiger partial charge in [0.15, 0.2) is 0 Å². The summed E-state index contributed by atoms with van der Waals surface area (Å²) in [6, 6.07) is 10.3. The van der Waals surface area contributed by atoms with Crippen LogP contribution in [0.5, 0.6) is 0 Å². The lowest BCUT2D eigenvalue weighted by Crippen LogP contribution is -2.47. The predicted octanol–water partition coefficient (Wildman–Crippen LogP) is 1.96. The molecule has 6 nitrogen and oxygen atoms in total. The number of hydrogen-bond donors (Lipinski definition) is 0. The van der Waals surface area contributed by atoms with Gasteiger partial charge in [-0.3, -0.25) is 4.79 Å². The fraction of sp³-hybridized carbons (Fsp3) is 0.389. The van der Waals surface area contributed by atoms with Gasteiger partial charge in [0.2, 0.25) is 10.0 Å². The molecule has 0 atom stereocenters. The molecule has 0 aliphatic carbocycles. The number of rotatable bonds is 5. The predicted molar refractivity (Wildman–Crippen MR) is 103 cm³/mol. The number of carbonyl (C=O) groups is 1. The normalized spacial score (nSPS) is 16.5. The maximum atomic E-state index is 12.9. The van der Waals surface area contributed by atoms with Gasteiger partial charge in [0.25, 0.3) is 5.91 Å². The van der Waals surface area contributed by atoms with Crippen molar-refractivity contribution in [2.24, 2.45) is 0 Å². The molecule has 1 aliphatic heterocycles. The Hall–Kier alpha value is -1.74. The fourth-order valence-corrected chi connectivity index (χ4v) is 5.12. The Balaban J connectivity index is 1.78. The molecule has 3 rings (SSSR count). The summed E-state index contributed by atoms with van der Waals surface area (Å²) in [5, 5.41) is 1.97. The Morgan fingerprint density at radius 3 is 2.54 bits per heavy atom. The first kappa shape index (κ1) is 19.0. The summed E-state index contributed by atoms with van der Waals surface area (Å²) in [4.78, 5) is 17.7. The Morgan fingerprint density at radius 1 is 1.15 bits per heavy atom. The van der Waals surface area contributed by atoms with Crippen LogP contribution in [0.1, 0.15) is 15.2 Å². The van der Waals surface area contributed by atoms with Crippen molar-refractivity contribution in [3.63, 3.8) is 0 Å². The van der Waals surface area contributed by atoms with Crippen LogP contribution in [-0.4, -0.2) is 68.7 Å². The quantitative estimate of drug-likeness (QED) is 0.779. The fourth-order valence-electron chi connectivity index (χ4n) is 2.90. The van der Waals surface area contributed by atoms with E-state index in [2.05, 4.69) is 4.90 Å². The van der Waals surface area contributed by atoms with E-state index in [0.29, 0.717) is 38.3 Å². The number of hydrogen-bond acceptors (Lipinski definition) is 5. The van der Waals surface area contributed by atoms with Gasteiger partial charge in [-0.15, -0.1) is 11.3 Å². The minimum absolute atomic E-state index is 0.178. The third-order valence-electron chi connectivity index (χ3n) is 4.50. The number of benzene rings is 1. The lowest BCUT2D eigenvalue weighted by atomic mass is 10.2. The second kappa shape index (κ2) is 7.87. The Morgan fingerprint density at radius 2 is 1.88 bits per heavy atom. The maximum absolute atomic E-state index is 12.9. The standard InChI is InChI=1S/C18H23N3O3S2/c1-19-8-10-21(11-9-19)26(23,24)17-7-3-5-15(13-17)18(22)20(2)14-16-6-4-12-25-16/h3-7,12-13H,8-11,14H2,1-2H3. The molecule has 140 valence electrons. The Labute approximate surface area is 158 Å². The van der Waals surface area contributed by atoms with Crippen LogP contribution >= 0.6 is 11.3 Å². The van der Waals surface area contributed by atoms with Crippen molar-refractivity contribution >= 4 is 27.3 Å². The van der Waals surface area contributed by atoms with E-state index in [-0.39, 0.29) is 10.8 Å². The third kappa shape index (κ3) is 4.15. The van der Waals surface area contributed by atoms with E-state index in [4.69, 9.17) is 0 Å². The lowest BCUT2D eigenvalue weighted by Gasteiger charge is -2.31. The number of carbonyl (C=O) groups excluding carboxylic acids is 1. The van der Waals surface area contributed by atoms with Crippen LogP contribution in [0.2, 0.25) is 0 Å². The van der Waals surface area contributed by atoms with Crippen molar-refractivity contribution in [3.05, 3.63) is 52.2 Å². The van der Waals surface area contributed by atoms with Crippen LogP contribution in [-0.2, 0) is 16.6 Å². The van der Waals surface area contributed by atoms with Crippen LogP contribution in [0.3, 0.4) is 0 Å². The van der Waals surface area contributed by atoms with Crippen molar-refractivity contribution in [1.29, 1.82) is 0 Å². The number of likely N-dealkylation sites (N-methyl/N-ethyl adjacent to an activating group) is 1. The van der Waals surface area contributed by atoms with E-state index >= 15 is 0 Å². The summed E-state index contributed by atoms with van der Waals surface area (Å²) in [6.07, 6.45) is 0. The smallest absolute Gasteiger partial charge is 0.253 e. The zero-order chi connectivity index (χ0) is 18.7. The van der Waals surface area contributed by atoms with Gasteiger partial charge in [-0.05, 0) is 36.7 Å². The highest BCUT2D eigenvalue weighted by atomic mass is 32.2. The van der Waals surface area contributed by atoms with Crippen molar-refractivity contribution in [2.75, 3.05) is 40.3 Å². The molecule has 1 aliphatic rings. The van der Waals surface area contributed by atoms with E-state index in [0.717, 1.165) is 4.88 Å². The van der Waals surface area contributed by atoms with Gasteiger partial charge < -0.3 is 9.80 Å². The van der Waals surface area contributed by atoms with Crippen LogP contribution < -0.4 is 0 Å². The zero-order valence-electron chi connectivity index (χ0n) is 15.0. The van der Waals surface area contributed by atoms with E-state index in [1.165, 1.54) is 10.4 Å². The first-order valence-corrected chi connectivity index (χ1v) is 10.8. The van der Waals surface area contributed by atoms with Crippen molar-refractivity contribution < 1.29 is 13.2 Å². The number of thiophene rings is 1. The molecule has 1 saturated heterocycles. The van der Waals surface area contributed by atoms with E-state index in [1.54, 1.807) is 41.5 Å². The third-order valence-corrected chi connectivity index (χ3v) is 7.26.